The van der Waals surface area contributed by atoms with Gasteiger partial charge in [0.05, 0.1) is 24.4 Å². The van der Waals surface area contributed by atoms with Crippen molar-refractivity contribution in [3.8, 4) is 5.75 Å². The van der Waals surface area contributed by atoms with Crippen LogP contribution in [0.3, 0.4) is 0 Å². The smallest absolute Gasteiger partial charge is 0.281 e. The van der Waals surface area contributed by atoms with Gasteiger partial charge < -0.3 is 10.1 Å². The molecule has 0 spiro atoms. The molecule has 2 heterocycles. The Morgan fingerprint density at radius 3 is 2.80 bits per heavy atom. The second kappa shape index (κ2) is 6.85. The van der Waals surface area contributed by atoms with Gasteiger partial charge in [0.2, 0.25) is 0 Å². The van der Waals surface area contributed by atoms with E-state index in [-0.39, 0.29) is 5.91 Å². The quantitative estimate of drug-likeness (QED) is 0.505. The van der Waals surface area contributed by atoms with Crippen LogP contribution in [-0.2, 0) is 17.7 Å². The van der Waals surface area contributed by atoms with E-state index in [0.717, 1.165) is 16.8 Å². The van der Waals surface area contributed by atoms with Gasteiger partial charge in [0.25, 0.3) is 5.91 Å². The van der Waals surface area contributed by atoms with E-state index in [9.17, 15) is 4.79 Å². The third-order valence-electron chi connectivity index (χ3n) is 3.87. The Hall–Kier alpha value is -2.38. The summed E-state index contributed by atoms with van der Waals surface area (Å²) in [5.41, 5.74) is 3.49. The van der Waals surface area contributed by atoms with Crippen molar-refractivity contribution < 1.29 is 9.53 Å². The molecule has 0 unspecified atom stereocenters. The van der Waals surface area contributed by atoms with Crippen molar-refractivity contribution >= 4 is 46.6 Å². The summed E-state index contributed by atoms with van der Waals surface area (Å²) in [7, 11) is 3.40. The van der Waals surface area contributed by atoms with Crippen molar-refractivity contribution in [3.63, 3.8) is 0 Å². The van der Waals surface area contributed by atoms with Gasteiger partial charge in [-0.25, -0.2) is 4.90 Å². The molecule has 1 amide bonds. The van der Waals surface area contributed by atoms with Gasteiger partial charge in [0.15, 0.2) is 5.11 Å². The van der Waals surface area contributed by atoms with Crippen LogP contribution in [0.2, 0.25) is 0 Å². The van der Waals surface area contributed by atoms with Gasteiger partial charge in [0, 0.05) is 18.8 Å². The van der Waals surface area contributed by atoms with Crippen LogP contribution in [-0.4, -0.2) is 27.9 Å². The van der Waals surface area contributed by atoms with Crippen molar-refractivity contribution in [2.24, 2.45) is 7.05 Å². The SMILES string of the molecule is COc1ccc(/C=C2/NC(=S)N(c3cn(C)nc3C)C2=O)cc1CCl. The number of carbonyl (C=O) groups is 1. The third-order valence-corrected chi connectivity index (χ3v) is 4.44. The molecule has 8 heteroatoms. The molecule has 130 valence electrons. The van der Waals surface area contributed by atoms with E-state index in [0.29, 0.717) is 28.1 Å². The van der Waals surface area contributed by atoms with E-state index in [1.165, 1.54) is 4.90 Å². The molecule has 1 N–H and O–H groups in total. The number of hydrogen-bond acceptors (Lipinski definition) is 4. The van der Waals surface area contributed by atoms with E-state index >= 15 is 0 Å². The number of aromatic nitrogens is 2. The van der Waals surface area contributed by atoms with Crippen LogP contribution in [0, 0.1) is 6.92 Å². The van der Waals surface area contributed by atoms with E-state index < -0.39 is 0 Å². The fraction of sp³-hybridized carbons (Fsp3) is 0.235. The Morgan fingerprint density at radius 2 is 2.20 bits per heavy atom. The van der Waals surface area contributed by atoms with Gasteiger partial charge in [0.1, 0.15) is 11.4 Å². The molecular formula is C17H17ClN4O2S. The monoisotopic (exact) mass is 376 g/mol. The lowest BCUT2D eigenvalue weighted by Gasteiger charge is -2.12. The lowest BCUT2D eigenvalue weighted by Crippen LogP contribution is -2.30. The van der Waals surface area contributed by atoms with Crippen molar-refractivity contribution in [3.05, 3.63) is 46.9 Å². The molecule has 0 saturated carbocycles. The highest BCUT2D eigenvalue weighted by Crippen LogP contribution is 2.26. The van der Waals surface area contributed by atoms with Crippen LogP contribution in [0.25, 0.3) is 6.08 Å². The Balaban J connectivity index is 1.94. The maximum atomic E-state index is 12.8. The van der Waals surface area contributed by atoms with Crippen LogP contribution in [0.15, 0.2) is 30.1 Å². The molecule has 1 aromatic carbocycles. The average molecular weight is 377 g/mol. The molecule has 0 bridgehead atoms. The van der Waals surface area contributed by atoms with Crippen molar-refractivity contribution in [1.29, 1.82) is 0 Å². The Bertz CT molecular complexity index is 891. The average Bonchev–Trinajstić information content (AvgIpc) is 3.05. The van der Waals surface area contributed by atoms with Gasteiger partial charge in [-0.05, 0) is 42.9 Å². The lowest BCUT2D eigenvalue weighted by molar-refractivity contribution is -0.113. The zero-order chi connectivity index (χ0) is 18.1. The molecule has 3 rings (SSSR count). The fourth-order valence-electron chi connectivity index (χ4n) is 2.72. The minimum atomic E-state index is -0.218. The van der Waals surface area contributed by atoms with E-state index in [1.54, 1.807) is 31.1 Å². The third kappa shape index (κ3) is 3.25. The number of hydrogen-bond donors (Lipinski definition) is 1. The standard InChI is InChI=1S/C17H17ClN4O2S/c1-10-14(9-21(2)20-10)22-16(23)13(19-17(22)25)7-11-4-5-15(24-3)12(6-11)8-18/h4-7,9H,8H2,1-3H3,(H,19,25)/b13-7+. The molecule has 2 aromatic rings. The number of nitrogens with zero attached hydrogens (tertiary/aromatic N) is 3. The second-order valence-electron chi connectivity index (χ2n) is 5.61. The first kappa shape index (κ1) is 17.4. The highest BCUT2D eigenvalue weighted by molar-refractivity contribution is 7.80. The number of nitrogens with one attached hydrogen (secondary N) is 1. The number of rotatable bonds is 4. The molecule has 6 nitrogen and oxygen atoms in total. The molecule has 0 radical (unpaired) electrons. The molecule has 1 fully saturated rings. The van der Waals surface area contributed by atoms with Crippen LogP contribution in [0.4, 0.5) is 5.69 Å². The first-order valence-corrected chi connectivity index (χ1v) is 8.49. The van der Waals surface area contributed by atoms with Crippen molar-refractivity contribution in [1.82, 2.24) is 15.1 Å². The van der Waals surface area contributed by atoms with Gasteiger partial charge in [-0.15, -0.1) is 11.6 Å². The van der Waals surface area contributed by atoms with E-state index in [4.69, 9.17) is 28.6 Å². The largest absolute Gasteiger partial charge is 0.496 e. The predicted octanol–water partition coefficient (Wildman–Crippen LogP) is 2.74. The van der Waals surface area contributed by atoms with Crippen LogP contribution >= 0.6 is 23.8 Å². The highest BCUT2D eigenvalue weighted by Gasteiger charge is 2.33. The number of methoxy groups -OCH3 is 1. The Morgan fingerprint density at radius 1 is 1.44 bits per heavy atom. The number of benzene rings is 1. The van der Waals surface area contributed by atoms with Crippen LogP contribution in [0.1, 0.15) is 16.8 Å². The van der Waals surface area contributed by atoms with Crippen molar-refractivity contribution in [2.45, 2.75) is 12.8 Å². The number of alkyl halides is 1. The molecule has 0 atom stereocenters. The minimum absolute atomic E-state index is 0.218. The van der Waals surface area contributed by atoms with E-state index in [1.807, 2.05) is 25.1 Å². The Labute approximate surface area is 156 Å². The van der Waals surface area contributed by atoms with Gasteiger partial charge in [-0.1, -0.05) is 6.07 Å². The zero-order valence-corrected chi connectivity index (χ0v) is 15.6. The van der Waals surface area contributed by atoms with E-state index in [2.05, 4.69) is 10.4 Å². The Kier molecular flexibility index (Phi) is 4.78. The summed E-state index contributed by atoms with van der Waals surface area (Å²) in [6, 6.07) is 5.57. The lowest BCUT2D eigenvalue weighted by atomic mass is 10.1. The summed E-state index contributed by atoms with van der Waals surface area (Å²) < 4.78 is 6.92. The summed E-state index contributed by atoms with van der Waals surface area (Å²) in [6.07, 6.45) is 3.51. The first-order valence-electron chi connectivity index (χ1n) is 7.55. The fourth-order valence-corrected chi connectivity index (χ4v) is 3.22. The summed E-state index contributed by atoms with van der Waals surface area (Å²) in [4.78, 5) is 14.2. The maximum absolute atomic E-state index is 12.8. The number of anilines is 1. The predicted molar refractivity (Wildman–Crippen MR) is 102 cm³/mol. The first-order chi connectivity index (χ1) is 11.9. The topological polar surface area (TPSA) is 59.4 Å². The maximum Gasteiger partial charge on any atom is 0.281 e. The summed E-state index contributed by atoms with van der Waals surface area (Å²) in [5, 5.41) is 7.57. The summed E-state index contributed by atoms with van der Waals surface area (Å²) >= 11 is 11.3. The molecule has 0 aliphatic carbocycles. The van der Waals surface area contributed by atoms with Gasteiger partial charge >= 0.3 is 0 Å². The number of ether oxygens (including phenoxy) is 1. The van der Waals surface area contributed by atoms with Gasteiger partial charge in [-0.2, -0.15) is 5.10 Å². The molecule has 1 aliphatic rings. The number of amides is 1. The van der Waals surface area contributed by atoms with Crippen molar-refractivity contribution in [2.75, 3.05) is 12.0 Å². The number of halogens is 1. The number of aryl methyl sites for hydroxylation is 2. The molecule has 1 aromatic heterocycles. The molecular weight excluding hydrogens is 360 g/mol. The van der Waals surface area contributed by atoms with Crippen LogP contribution < -0.4 is 15.0 Å². The second-order valence-corrected chi connectivity index (χ2v) is 6.26. The summed E-state index contributed by atoms with van der Waals surface area (Å²) in [5.74, 6) is 0.816. The number of thiocarbonyl (C=S) groups is 1. The normalized spacial score (nSPS) is 15.8. The van der Waals surface area contributed by atoms with Crippen LogP contribution in [0.5, 0.6) is 5.75 Å². The molecule has 1 saturated heterocycles. The molecule has 25 heavy (non-hydrogen) atoms. The zero-order valence-electron chi connectivity index (χ0n) is 14.0. The highest BCUT2D eigenvalue weighted by atomic mass is 35.5. The number of carbonyl (C=O) groups excluding carboxylic acids is 1. The van der Waals surface area contributed by atoms with Gasteiger partial charge in [-0.3, -0.25) is 9.48 Å². The molecule has 1 aliphatic heterocycles. The minimum Gasteiger partial charge on any atom is -0.496 e. The summed E-state index contributed by atoms with van der Waals surface area (Å²) in [6.45, 7) is 1.84.